The molecule has 0 radical (unpaired) electrons. The van der Waals surface area contributed by atoms with Gasteiger partial charge in [-0.2, -0.15) is 0 Å². The van der Waals surface area contributed by atoms with Crippen LogP contribution in [0.1, 0.15) is 5.56 Å². The molecule has 2 heterocycles. The number of aromatic nitrogens is 2. The van der Waals surface area contributed by atoms with E-state index >= 15 is 0 Å². The predicted molar refractivity (Wildman–Crippen MR) is 144 cm³/mol. The third kappa shape index (κ3) is 7.20. The fourth-order valence-electron chi connectivity index (χ4n) is 3.73. The summed E-state index contributed by atoms with van der Waals surface area (Å²) in [5, 5.41) is 7.33. The van der Waals surface area contributed by atoms with Gasteiger partial charge in [0.15, 0.2) is 0 Å². The minimum absolute atomic E-state index is 0.120. The molecule has 14 heteroatoms. The van der Waals surface area contributed by atoms with Crippen LogP contribution in [0.15, 0.2) is 72.0 Å². The zero-order chi connectivity index (χ0) is 27.4. The summed E-state index contributed by atoms with van der Waals surface area (Å²) in [5.74, 6) is 0.639. The van der Waals surface area contributed by atoms with Gasteiger partial charge in [0.1, 0.15) is 43.0 Å². The standard InChI is InChI=1S/C25H22ClFN5O6P/c26-21-10-18(5-7-23(21)36-11-15-2-1-3-16(27)8-15)30-24-20-9-17(4-6-22(20)28-14-29-24)31-25-32-19(12-37-25)13-38-39(33,34)35/h1-10,14,19H,11-13H2,(H,31,32)(H,28,29,30)(H2,33,34,35)/t19-/m1/s1. The first kappa shape index (κ1) is 26.8. The Hall–Kier alpha value is -3.80. The number of fused-ring (bicyclic) bond motifs is 1. The first-order valence-electron chi connectivity index (χ1n) is 11.6. The van der Waals surface area contributed by atoms with E-state index in [-0.39, 0.29) is 31.7 Å². The smallest absolute Gasteiger partial charge is 0.469 e. The first-order valence-corrected chi connectivity index (χ1v) is 13.5. The van der Waals surface area contributed by atoms with Gasteiger partial charge in [-0.15, -0.1) is 0 Å². The van der Waals surface area contributed by atoms with Crippen molar-refractivity contribution in [2.75, 3.05) is 23.8 Å². The van der Waals surface area contributed by atoms with E-state index in [0.29, 0.717) is 44.4 Å². The third-order valence-corrected chi connectivity index (χ3v) is 6.29. The van der Waals surface area contributed by atoms with Gasteiger partial charge in [0.2, 0.25) is 0 Å². The summed E-state index contributed by atoms with van der Waals surface area (Å²) in [5.41, 5.74) is 2.66. The topological polar surface area (TPSA) is 147 Å². The van der Waals surface area contributed by atoms with Crippen molar-refractivity contribution in [2.24, 2.45) is 4.99 Å². The van der Waals surface area contributed by atoms with Crippen molar-refractivity contribution >= 4 is 53.5 Å². The van der Waals surface area contributed by atoms with Crippen LogP contribution in [0.25, 0.3) is 10.9 Å². The monoisotopic (exact) mass is 573 g/mol. The van der Waals surface area contributed by atoms with E-state index in [1.807, 2.05) is 0 Å². The maximum absolute atomic E-state index is 13.4. The summed E-state index contributed by atoms with van der Waals surface area (Å²) in [7, 11) is -4.58. The van der Waals surface area contributed by atoms with Crippen molar-refractivity contribution < 1.29 is 32.7 Å². The van der Waals surface area contributed by atoms with Crippen molar-refractivity contribution in [3.8, 4) is 5.75 Å². The second kappa shape index (κ2) is 11.5. The molecule has 4 N–H and O–H groups in total. The van der Waals surface area contributed by atoms with Gasteiger partial charge in [-0.05, 0) is 54.1 Å². The molecule has 0 spiro atoms. The van der Waals surface area contributed by atoms with E-state index < -0.39 is 13.9 Å². The normalized spacial score (nSPS) is 15.1. The number of rotatable bonds is 9. The van der Waals surface area contributed by atoms with E-state index in [0.717, 1.165) is 0 Å². The lowest BCUT2D eigenvalue weighted by Gasteiger charge is -2.13. The lowest BCUT2D eigenvalue weighted by Crippen LogP contribution is -2.14. The second-order valence-electron chi connectivity index (χ2n) is 8.45. The quantitative estimate of drug-likeness (QED) is 0.201. The van der Waals surface area contributed by atoms with Gasteiger partial charge < -0.3 is 29.9 Å². The van der Waals surface area contributed by atoms with Crippen molar-refractivity contribution in [3.63, 3.8) is 0 Å². The number of hydrogen-bond donors (Lipinski definition) is 4. The van der Waals surface area contributed by atoms with Crippen LogP contribution in [0.2, 0.25) is 5.02 Å². The molecule has 0 bridgehead atoms. The number of hydrogen-bond acceptors (Lipinski definition) is 9. The van der Waals surface area contributed by atoms with Crippen LogP contribution in [0.5, 0.6) is 5.75 Å². The van der Waals surface area contributed by atoms with Crippen LogP contribution in [0, 0.1) is 5.82 Å². The number of ether oxygens (including phenoxy) is 2. The van der Waals surface area contributed by atoms with Crippen LogP contribution < -0.4 is 15.4 Å². The SMILES string of the molecule is O=P(O)(O)OC[C@H]1COC(Nc2ccc3ncnc(Nc4ccc(OCc5cccc(F)c5)c(Cl)c4)c3c2)=N1. The molecule has 0 amide bonds. The largest absolute Gasteiger partial charge is 0.487 e. The maximum Gasteiger partial charge on any atom is 0.469 e. The van der Waals surface area contributed by atoms with E-state index in [2.05, 4.69) is 30.1 Å². The van der Waals surface area contributed by atoms with Crippen molar-refractivity contribution in [3.05, 3.63) is 83.4 Å². The van der Waals surface area contributed by atoms with Crippen LogP contribution in [-0.4, -0.2) is 45.0 Å². The Balaban J connectivity index is 1.28. The van der Waals surface area contributed by atoms with E-state index in [9.17, 15) is 8.96 Å². The molecule has 0 saturated carbocycles. The zero-order valence-electron chi connectivity index (χ0n) is 20.1. The molecule has 11 nitrogen and oxygen atoms in total. The van der Waals surface area contributed by atoms with Gasteiger partial charge in [-0.3, -0.25) is 4.52 Å². The third-order valence-electron chi connectivity index (χ3n) is 5.51. The molecule has 1 aromatic heterocycles. The Bertz CT molecular complexity index is 1590. The van der Waals surface area contributed by atoms with Gasteiger partial charge in [-0.25, -0.2) is 23.9 Å². The second-order valence-corrected chi connectivity index (χ2v) is 10.1. The van der Waals surface area contributed by atoms with Crippen LogP contribution in [0.4, 0.5) is 21.6 Å². The average molecular weight is 574 g/mol. The van der Waals surface area contributed by atoms with Crippen LogP contribution in [-0.2, 0) is 20.4 Å². The Labute approximate surface area is 226 Å². The molecule has 39 heavy (non-hydrogen) atoms. The highest BCUT2D eigenvalue weighted by molar-refractivity contribution is 7.46. The molecule has 1 aliphatic rings. The molecule has 0 unspecified atom stereocenters. The molecule has 0 aliphatic carbocycles. The summed E-state index contributed by atoms with van der Waals surface area (Å²) in [4.78, 5) is 30.6. The molecular formula is C25H22ClFN5O6P. The average Bonchev–Trinajstić information content (AvgIpc) is 3.34. The molecule has 1 atom stereocenters. The number of nitrogens with one attached hydrogen (secondary N) is 2. The number of halogens is 2. The highest BCUT2D eigenvalue weighted by Gasteiger charge is 2.23. The number of anilines is 3. The maximum atomic E-state index is 13.4. The highest BCUT2D eigenvalue weighted by Crippen LogP contribution is 2.36. The lowest BCUT2D eigenvalue weighted by molar-refractivity contribution is 0.175. The number of nitrogens with zero attached hydrogens (tertiary/aromatic N) is 3. The summed E-state index contributed by atoms with van der Waals surface area (Å²) < 4.78 is 40.0. The van der Waals surface area contributed by atoms with Crippen molar-refractivity contribution in [1.29, 1.82) is 0 Å². The molecule has 4 aromatic rings. The fraction of sp³-hybridized carbons (Fsp3) is 0.160. The number of amidine groups is 1. The highest BCUT2D eigenvalue weighted by atomic mass is 35.5. The number of phosphoric acid groups is 1. The number of aliphatic imine (C=N–C) groups is 1. The van der Waals surface area contributed by atoms with Crippen LogP contribution >= 0.6 is 19.4 Å². The minimum atomic E-state index is -4.58. The number of phosphoric ester groups is 1. The molecule has 202 valence electrons. The zero-order valence-corrected chi connectivity index (χ0v) is 21.8. The van der Waals surface area contributed by atoms with Crippen molar-refractivity contribution in [2.45, 2.75) is 12.6 Å². The Morgan fingerprint density at radius 1 is 1.08 bits per heavy atom. The Morgan fingerprint density at radius 2 is 1.90 bits per heavy atom. The van der Waals surface area contributed by atoms with E-state index in [1.54, 1.807) is 48.5 Å². The van der Waals surface area contributed by atoms with Crippen LogP contribution in [0.3, 0.4) is 0 Å². The molecule has 0 fully saturated rings. The van der Waals surface area contributed by atoms with Gasteiger partial charge in [0.05, 0.1) is 17.1 Å². The molecule has 3 aromatic carbocycles. The molecular weight excluding hydrogens is 552 g/mol. The van der Waals surface area contributed by atoms with Gasteiger partial charge in [0, 0.05) is 16.8 Å². The van der Waals surface area contributed by atoms with E-state index in [1.165, 1.54) is 18.5 Å². The Kier molecular flexibility index (Phi) is 7.92. The molecule has 5 rings (SSSR count). The minimum Gasteiger partial charge on any atom is -0.487 e. The van der Waals surface area contributed by atoms with Gasteiger partial charge in [-0.1, -0.05) is 23.7 Å². The van der Waals surface area contributed by atoms with Gasteiger partial charge >= 0.3 is 7.82 Å². The summed E-state index contributed by atoms with van der Waals surface area (Å²) in [6.07, 6.45) is 1.44. The first-order chi connectivity index (χ1) is 18.7. The van der Waals surface area contributed by atoms with E-state index in [4.69, 9.17) is 30.9 Å². The summed E-state index contributed by atoms with van der Waals surface area (Å²) >= 11 is 6.43. The molecule has 0 saturated heterocycles. The number of benzene rings is 3. The summed E-state index contributed by atoms with van der Waals surface area (Å²) in [6.45, 7) is 0.0177. The Morgan fingerprint density at radius 3 is 2.69 bits per heavy atom. The predicted octanol–water partition coefficient (Wildman–Crippen LogP) is 5.02. The van der Waals surface area contributed by atoms with Gasteiger partial charge in [0.25, 0.3) is 6.02 Å². The summed E-state index contributed by atoms with van der Waals surface area (Å²) in [6, 6.07) is 16.4. The lowest BCUT2D eigenvalue weighted by atomic mass is 10.2. The molecule has 1 aliphatic heterocycles. The fourth-order valence-corrected chi connectivity index (χ4v) is 4.33. The van der Waals surface area contributed by atoms with Crippen molar-refractivity contribution in [1.82, 2.24) is 9.97 Å².